The van der Waals surface area contributed by atoms with Gasteiger partial charge in [-0.3, -0.25) is 0 Å². The lowest BCUT2D eigenvalue weighted by molar-refractivity contribution is 0.731. The molecule has 0 amide bonds. The Morgan fingerprint density at radius 2 is 2.20 bits per heavy atom. The third-order valence-electron chi connectivity index (χ3n) is 2.44. The highest BCUT2D eigenvalue weighted by Crippen LogP contribution is 2.19. The summed E-state index contributed by atoms with van der Waals surface area (Å²) in [6, 6.07) is 8.31. The molecule has 0 saturated heterocycles. The van der Waals surface area contributed by atoms with E-state index in [4.69, 9.17) is 5.73 Å². The number of hydrogen-bond acceptors (Lipinski definition) is 4. The van der Waals surface area contributed by atoms with Crippen molar-refractivity contribution in [2.45, 2.75) is 19.4 Å². The second-order valence-electron chi connectivity index (χ2n) is 3.56. The van der Waals surface area contributed by atoms with Gasteiger partial charge in [0.05, 0.1) is 11.1 Å². The van der Waals surface area contributed by atoms with Crippen molar-refractivity contribution in [3.05, 3.63) is 46.5 Å². The Kier molecular flexibility index (Phi) is 3.08. The maximum atomic E-state index is 6.07. The van der Waals surface area contributed by atoms with Gasteiger partial charge in [0.1, 0.15) is 0 Å². The molecule has 0 fully saturated rings. The van der Waals surface area contributed by atoms with E-state index in [1.165, 1.54) is 22.7 Å². The first-order chi connectivity index (χ1) is 7.27. The van der Waals surface area contributed by atoms with Gasteiger partial charge in [0.25, 0.3) is 0 Å². The molecule has 1 atom stereocenters. The Balaban J connectivity index is 2.13. The zero-order chi connectivity index (χ0) is 10.7. The predicted octanol–water partition coefficient (Wildman–Crippen LogP) is 2.09. The van der Waals surface area contributed by atoms with Crippen LogP contribution in [-0.2, 0) is 6.42 Å². The van der Waals surface area contributed by atoms with Crippen LogP contribution in [-0.4, -0.2) is 9.59 Å². The van der Waals surface area contributed by atoms with Crippen molar-refractivity contribution in [3.63, 3.8) is 0 Å². The molecule has 0 saturated carbocycles. The first-order valence-electron chi connectivity index (χ1n) is 4.84. The minimum atomic E-state index is 0.00565. The van der Waals surface area contributed by atoms with Crippen molar-refractivity contribution in [1.29, 1.82) is 0 Å². The molecule has 1 aromatic carbocycles. The Morgan fingerprint density at radius 3 is 2.87 bits per heavy atom. The average Bonchev–Trinajstić information content (AvgIpc) is 2.74. The molecule has 4 heteroatoms. The summed E-state index contributed by atoms with van der Waals surface area (Å²) >= 11 is 1.37. The maximum Gasteiger partial charge on any atom is 0.0669 e. The monoisotopic (exact) mass is 219 g/mol. The fraction of sp³-hybridized carbons (Fsp3) is 0.273. The second kappa shape index (κ2) is 4.51. The highest BCUT2D eigenvalue weighted by atomic mass is 32.1. The Morgan fingerprint density at radius 1 is 1.40 bits per heavy atom. The lowest BCUT2D eigenvalue weighted by Crippen LogP contribution is -2.12. The minimum absolute atomic E-state index is 0.00565. The van der Waals surface area contributed by atoms with Crippen LogP contribution < -0.4 is 5.73 Å². The summed E-state index contributed by atoms with van der Waals surface area (Å²) in [6.07, 6.45) is 2.59. The molecule has 1 heterocycles. The van der Waals surface area contributed by atoms with Gasteiger partial charge in [-0.05, 0) is 36.0 Å². The lowest BCUT2D eigenvalue weighted by atomic mass is 10.0. The summed E-state index contributed by atoms with van der Waals surface area (Å²) in [4.78, 5) is 1.04. The van der Waals surface area contributed by atoms with E-state index in [0.29, 0.717) is 0 Å². The first-order valence-corrected chi connectivity index (χ1v) is 5.62. The van der Waals surface area contributed by atoms with Crippen LogP contribution in [0.5, 0.6) is 0 Å². The van der Waals surface area contributed by atoms with Gasteiger partial charge in [-0.1, -0.05) is 28.8 Å². The quantitative estimate of drug-likeness (QED) is 0.860. The number of hydrogen-bond donors (Lipinski definition) is 1. The van der Waals surface area contributed by atoms with E-state index in [2.05, 4.69) is 28.6 Å². The van der Waals surface area contributed by atoms with Gasteiger partial charge in [-0.25, -0.2) is 0 Å². The largest absolute Gasteiger partial charge is 0.323 e. The number of aryl methyl sites for hydroxylation is 1. The third-order valence-corrected chi connectivity index (χ3v) is 3.24. The molecule has 0 aliphatic carbocycles. The molecule has 0 radical (unpaired) electrons. The third kappa shape index (κ3) is 2.40. The van der Waals surface area contributed by atoms with Crippen LogP contribution in [0.25, 0.3) is 0 Å². The van der Waals surface area contributed by atoms with Gasteiger partial charge in [0.2, 0.25) is 0 Å². The molecule has 0 aliphatic rings. The fourth-order valence-electron chi connectivity index (χ4n) is 1.51. The summed E-state index contributed by atoms with van der Waals surface area (Å²) in [6.45, 7) is 2.10. The number of nitrogens with two attached hydrogens (primary N) is 1. The Labute approximate surface area is 93.1 Å². The van der Waals surface area contributed by atoms with E-state index in [0.717, 1.165) is 11.3 Å². The van der Waals surface area contributed by atoms with Gasteiger partial charge in [0, 0.05) is 6.04 Å². The van der Waals surface area contributed by atoms with Crippen LogP contribution in [0.15, 0.2) is 30.5 Å². The normalized spacial score (nSPS) is 12.7. The van der Waals surface area contributed by atoms with Gasteiger partial charge in [-0.2, -0.15) is 0 Å². The highest BCUT2D eigenvalue weighted by molar-refractivity contribution is 7.05. The van der Waals surface area contributed by atoms with Crippen LogP contribution in [0.2, 0.25) is 0 Å². The van der Waals surface area contributed by atoms with Crippen molar-refractivity contribution in [2.75, 3.05) is 0 Å². The molecule has 2 aromatic rings. The lowest BCUT2D eigenvalue weighted by Gasteiger charge is -2.10. The summed E-state index contributed by atoms with van der Waals surface area (Å²) in [5.74, 6) is 0. The number of benzene rings is 1. The molecule has 78 valence electrons. The minimum Gasteiger partial charge on any atom is -0.323 e. The molecule has 2 rings (SSSR count). The van der Waals surface area contributed by atoms with Crippen LogP contribution in [0.3, 0.4) is 0 Å². The van der Waals surface area contributed by atoms with Crippen molar-refractivity contribution in [3.8, 4) is 0 Å². The number of rotatable bonds is 3. The van der Waals surface area contributed by atoms with E-state index in [-0.39, 0.29) is 6.04 Å². The van der Waals surface area contributed by atoms with Crippen molar-refractivity contribution in [1.82, 2.24) is 9.59 Å². The molecular formula is C11H13N3S. The molecule has 15 heavy (non-hydrogen) atoms. The molecule has 2 N–H and O–H groups in total. The summed E-state index contributed by atoms with van der Waals surface area (Å²) in [5, 5.41) is 3.80. The summed E-state index contributed by atoms with van der Waals surface area (Å²) in [5.41, 5.74) is 8.64. The predicted molar refractivity (Wildman–Crippen MR) is 61.7 cm³/mol. The van der Waals surface area contributed by atoms with Gasteiger partial charge in [-0.15, -0.1) is 5.10 Å². The zero-order valence-electron chi connectivity index (χ0n) is 8.55. The van der Waals surface area contributed by atoms with Crippen LogP contribution in [0, 0.1) is 6.92 Å². The van der Waals surface area contributed by atoms with Crippen molar-refractivity contribution < 1.29 is 0 Å². The van der Waals surface area contributed by atoms with Crippen LogP contribution in [0.1, 0.15) is 22.0 Å². The maximum absolute atomic E-state index is 6.07. The molecule has 3 nitrogen and oxygen atoms in total. The Bertz CT molecular complexity index is 425. The fourth-order valence-corrected chi connectivity index (χ4v) is 2.02. The Hall–Kier alpha value is -1.26. The van der Waals surface area contributed by atoms with E-state index in [9.17, 15) is 0 Å². The van der Waals surface area contributed by atoms with Crippen LogP contribution >= 0.6 is 11.5 Å². The van der Waals surface area contributed by atoms with Crippen molar-refractivity contribution >= 4 is 11.5 Å². The average molecular weight is 219 g/mol. The standard InChI is InChI=1S/C11H13N3S/c1-8-4-2-3-5-9(8)6-10(12)11-7-13-14-15-11/h2-5,7,10H,6,12H2,1H3. The SMILES string of the molecule is Cc1ccccc1CC(N)c1cnns1. The van der Waals surface area contributed by atoms with Gasteiger partial charge in [0.15, 0.2) is 0 Å². The molecule has 1 aromatic heterocycles. The first kappa shape index (κ1) is 10.3. The van der Waals surface area contributed by atoms with E-state index < -0.39 is 0 Å². The molecule has 1 unspecified atom stereocenters. The number of nitrogens with zero attached hydrogens (tertiary/aromatic N) is 2. The van der Waals surface area contributed by atoms with E-state index >= 15 is 0 Å². The molecule has 0 bridgehead atoms. The van der Waals surface area contributed by atoms with Crippen molar-refractivity contribution in [2.24, 2.45) is 5.73 Å². The summed E-state index contributed by atoms with van der Waals surface area (Å²) < 4.78 is 3.82. The molecular weight excluding hydrogens is 206 g/mol. The molecule has 0 spiro atoms. The van der Waals surface area contributed by atoms with Gasteiger partial charge < -0.3 is 5.73 Å². The highest BCUT2D eigenvalue weighted by Gasteiger charge is 2.10. The zero-order valence-corrected chi connectivity index (χ0v) is 9.37. The van der Waals surface area contributed by atoms with Crippen LogP contribution in [0.4, 0.5) is 0 Å². The van der Waals surface area contributed by atoms with E-state index in [1.807, 2.05) is 12.1 Å². The van der Waals surface area contributed by atoms with E-state index in [1.54, 1.807) is 6.20 Å². The molecule has 0 aliphatic heterocycles. The topological polar surface area (TPSA) is 51.8 Å². The van der Waals surface area contributed by atoms with Gasteiger partial charge >= 0.3 is 0 Å². The number of aromatic nitrogens is 2. The smallest absolute Gasteiger partial charge is 0.0669 e. The summed E-state index contributed by atoms with van der Waals surface area (Å²) in [7, 11) is 0. The second-order valence-corrected chi connectivity index (χ2v) is 4.37.